The fourth-order valence-electron chi connectivity index (χ4n) is 1.85. The van der Waals surface area contributed by atoms with Gasteiger partial charge in [-0.15, -0.1) is 0 Å². The highest BCUT2D eigenvalue weighted by molar-refractivity contribution is 5.70. The zero-order valence-electron chi connectivity index (χ0n) is 11.1. The number of carboxylic acid groups (broad SMARTS) is 1. The van der Waals surface area contributed by atoms with Crippen LogP contribution in [0.25, 0.3) is 0 Å². The molecule has 18 heavy (non-hydrogen) atoms. The first-order valence-electron chi connectivity index (χ1n) is 6.24. The maximum Gasteiger partial charge on any atom is 0.307 e. The van der Waals surface area contributed by atoms with Crippen molar-refractivity contribution in [2.24, 2.45) is 0 Å². The number of nitrogens with zero attached hydrogens (tertiary/aromatic N) is 1. The number of benzene rings is 1. The van der Waals surface area contributed by atoms with E-state index in [0.29, 0.717) is 0 Å². The van der Waals surface area contributed by atoms with E-state index in [4.69, 9.17) is 5.11 Å². The Morgan fingerprint density at radius 3 is 2.44 bits per heavy atom. The van der Waals surface area contributed by atoms with Gasteiger partial charge in [-0.05, 0) is 44.7 Å². The number of rotatable bonds is 8. The van der Waals surface area contributed by atoms with Gasteiger partial charge in [0.05, 0.1) is 6.42 Å². The molecule has 0 aliphatic carbocycles. The summed E-state index contributed by atoms with van der Waals surface area (Å²) >= 11 is 0. The molecule has 0 fully saturated rings. The number of carboxylic acids is 1. The molecule has 0 aliphatic rings. The highest BCUT2D eigenvalue weighted by Crippen LogP contribution is 2.07. The molecule has 0 saturated heterocycles. The summed E-state index contributed by atoms with van der Waals surface area (Å²) in [6.07, 6.45) is 1.22. The van der Waals surface area contributed by atoms with Crippen molar-refractivity contribution < 1.29 is 9.90 Å². The third-order valence-electron chi connectivity index (χ3n) is 2.80. The Hall–Kier alpha value is -1.39. The second-order valence-electron chi connectivity index (χ2n) is 4.58. The van der Waals surface area contributed by atoms with E-state index in [2.05, 4.69) is 17.3 Å². The van der Waals surface area contributed by atoms with E-state index < -0.39 is 5.97 Å². The smallest absolute Gasteiger partial charge is 0.307 e. The van der Waals surface area contributed by atoms with Gasteiger partial charge in [-0.25, -0.2) is 0 Å². The Labute approximate surface area is 109 Å². The summed E-state index contributed by atoms with van der Waals surface area (Å²) in [5.74, 6) is -0.785. The van der Waals surface area contributed by atoms with E-state index >= 15 is 0 Å². The standard InChI is InChI=1S/C14H22N2O2/c1-15-8-3-9-16(2)11-13-6-4-12(5-7-13)10-14(17)18/h4-7,15H,3,8-11H2,1-2H3,(H,17,18). The molecule has 2 N–H and O–H groups in total. The maximum atomic E-state index is 10.6. The van der Waals surface area contributed by atoms with Crippen LogP contribution < -0.4 is 5.32 Å². The second-order valence-corrected chi connectivity index (χ2v) is 4.58. The molecule has 1 aromatic rings. The van der Waals surface area contributed by atoms with Crippen molar-refractivity contribution in [3.8, 4) is 0 Å². The summed E-state index contributed by atoms with van der Waals surface area (Å²) < 4.78 is 0. The topological polar surface area (TPSA) is 52.6 Å². The van der Waals surface area contributed by atoms with Crippen LogP contribution in [-0.2, 0) is 17.8 Å². The van der Waals surface area contributed by atoms with Crippen LogP contribution in [0.4, 0.5) is 0 Å². The van der Waals surface area contributed by atoms with Crippen molar-refractivity contribution in [3.05, 3.63) is 35.4 Å². The summed E-state index contributed by atoms with van der Waals surface area (Å²) in [6.45, 7) is 2.98. The summed E-state index contributed by atoms with van der Waals surface area (Å²) in [7, 11) is 4.06. The van der Waals surface area contributed by atoms with Crippen molar-refractivity contribution >= 4 is 5.97 Å². The zero-order chi connectivity index (χ0) is 13.4. The number of hydrogen-bond donors (Lipinski definition) is 2. The molecule has 0 aromatic heterocycles. The average Bonchev–Trinajstić information content (AvgIpc) is 2.31. The quantitative estimate of drug-likeness (QED) is 0.684. The van der Waals surface area contributed by atoms with Crippen LogP contribution in [0.3, 0.4) is 0 Å². The zero-order valence-corrected chi connectivity index (χ0v) is 11.1. The minimum atomic E-state index is -0.785. The van der Waals surface area contributed by atoms with Crippen LogP contribution in [0.2, 0.25) is 0 Å². The maximum absolute atomic E-state index is 10.6. The van der Waals surface area contributed by atoms with Crippen LogP contribution in [0.5, 0.6) is 0 Å². The van der Waals surface area contributed by atoms with E-state index in [-0.39, 0.29) is 6.42 Å². The fourth-order valence-corrected chi connectivity index (χ4v) is 1.85. The van der Waals surface area contributed by atoms with E-state index in [9.17, 15) is 4.79 Å². The molecule has 1 aromatic carbocycles. The molecule has 4 nitrogen and oxygen atoms in total. The Balaban J connectivity index is 2.40. The minimum Gasteiger partial charge on any atom is -0.481 e. The van der Waals surface area contributed by atoms with E-state index in [1.807, 2.05) is 31.3 Å². The first kappa shape index (κ1) is 14.7. The van der Waals surface area contributed by atoms with E-state index in [1.165, 1.54) is 5.56 Å². The van der Waals surface area contributed by atoms with Crippen molar-refractivity contribution in [1.29, 1.82) is 0 Å². The van der Waals surface area contributed by atoms with Gasteiger partial charge in [-0.2, -0.15) is 0 Å². The Kier molecular flexibility index (Phi) is 6.39. The van der Waals surface area contributed by atoms with Crippen molar-refractivity contribution in [3.63, 3.8) is 0 Å². The van der Waals surface area contributed by atoms with Gasteiger partial charge in [-0.1, -0.05) is 24.3 Å². The molecule has 0 unspecified atom stereocenters. The van der Waals surface area contributed by atoms with E-state index in [0.717, 1.165) is 31.6 Å². The fraction of sp³-hybridized carbons (Fsp3) is 0.500. The van der Waals surface area contributed by atoms with Gasteiger partial charge in [0.2, 0.25) is 0 Å². The van der Waals surface area contributed by atoms with Crippen molar-refractivity contribution in [1.82, 2.24) is 10.2 Å². The molecular formula is C14H22N2O2. The van der Waals surface area contributed by atoms with Crippen LogP contribution >= 0.6 is 0 Å². The van der Waals surface area contributed by atoms with Gasteiger partial charge in [0.15, 0.2) is 0 Å². The molecule has 0 atom stereocenters. The Morgan fingerprint density at radius 1 is 1.28 bits per heavy atom. The Morgan fingerprint density at radius 2 is 1.89 bits per heavy atom. The number of aliphatic carboxylic acids is 1. The monoisotopic (exact) mass is 250 g/mol. The molecule has 4 heteroatoms. The van der Waals surface area contributed by atoms with Gasteiger partial charge in [-0.3, -0.25) is 4.79 Å². The van der Waals surface area contributed by atoms with Gasteiger partial charge in [0.1, 0.15) is 0 Å². The normalized spacial score (nSPS) is 10.8. The average molecular weight is 250 g/mol. The molecule has 0 saturated carbocycles. The molecular weight excluding hydrogens is 228 g/mol. The molecule has 0 bridgehead atoms. The van der Waals surface area contributed by atoms with Crippen LogP contribution in [0.15, 0.2) is 24.3 Å². The first-order valence-corrected chi connectivity index (χ1v) is 6.24. The molecule has 0 heterocycles. The summed E-state index contributed by atoms with van der Waals surface area (Å²) in [6, 6.07) is 7.80. The van der Waals surface area contributed by atoms with Crippen LogP contribution in [-0.4, -0.2) is 43.2 Å². The van der Waals surface area contributed by atoms with Crippen molar-refractivity contribution in [2.75, 3.05) is 27.2 Å². The van der Waals surface area contributed by atoms with Gasteiger partial charge < -0.3 is 15.3 Å². The van der Waals surface area contributed by atoms with Gasteiger partial charge in [0, 0.05) is 6.54 Å². The largest absolute Gasteiger partial charge is 0.481 e. The van der Waals surface area contributed by atoms with Crippen LogP contribution in [0.1, 0.15) is 17.5 Å². The lowest BCUT2D eigenvalue weighted by molar-refractivity contribution is -0.136. The minimum absolute atomic E-state index is 0.0955. The molecule has 0 amide bonds. The number of nitrogens with one attached hydrogen (secondary N) is 1. The number of hydrogen-bond acceptors (Lipinski definition) is 3. The van der Waals surface area contributed by atoms with Crippen molar-refractivity contribution in [2.45, 2.75) is 19.4 Å². The summed E-state index contributed by atoms with van der Waals surface area (Å²) in [5, 5.41) is 11.8. The molecule has 100 valence electrons. The molecule has 1 rings (SSSR count). The third kappa shape index (κ3) is 5.80. The summed E-state index contributed by atoms with van der Waals surface area (Å²) in [5.41, 5.74) is 2.07. The highest BCUT2D eigenvalue weighted by Gasteiger charge is 2.02. The molecule has 0 spiro atoms. The molecule has 0 aliphatic heterocycles. The predicted molar refractivity (Wildman–Crippen MR) is 72.7 cm³/mol. The van der Waals surface area contributed by atoms with E-state index in [1.54, 1.807) is 0 Å². The number of carbonyl (C=O) groups is 1. The highest BCUT2D eigenvalue weighted by atomic mass is 16.4. The lowest BCUT2D eigenvalue weighted by Gasteiger charge is -2.16. The third-order valence-corrected chi connectivity index (χ3v) is 2.80. The lowest BCUT2D eigenvalue weighted by Crippen LogP contribution is -2.22. The van der Waals surface area contributed by atoms with Crippen LogP contribution in [0, 0.1) is 0 Å². The SMILES string of the molecule is CNCCCN(C)Cc1ccc(CC(=O)O)cc1. The Bertz CT molecular complexity index is 363. The second kappa shape index (κ2) is 7.84. The van der Waals surface area contributed by atoms with Gasteiger partial charge >= 0.3 is 5.97 Å². The lowest BCUT2D eigenvalue weighted by atomic mass is 10.1. The summed E-state index contributed by atoms with van der Waals surface area (Å²) in [4.78, 5) is 12.8. The molecule has 0 radical (unpaired) electrons. The predicted octanol–water partition coefficient (Wildman–Crippen LogP) is 1.35. The first-order chi connectivity index (χ1) is 8.61. The van der Waals surface area contributed by atoms with Gasteiger partial charge in [0.25, 0.3) is 0 Å².